The van der Waals surface area contributed by atoms with Gasteiger partial charge in [-0.05, 0) is 55.8 Å². The van der Waals surface area contributed by atoms with E-state index in [2.05, 4.69) is 4.72 Å². The van der Waals surface area contributed by atoms with Crippen LogP contribution in [-0.4, -0.2) is 15.5 Å². The van der Waals surface area contributed by atoms with Gasteiger partial charge in [-0.25, -0.2) is 17.5 Å². The Morgan fingerprint density at radius 3 is 2.05 bits per heavy atom. The highest BCUT2D eigenvalue weighted by atomic mass is 32.2. The first kappa shape index (κ1) is 16.5. The maximum Gasteiger partial charge on any atom is 0.241 e. The van der Waals surface area contributed by atoms with Crippen LogP contribution in [0.25, 0.3) is 0 Å². The van der Waals surface area contributed by atoms with Gasteiger partial charge in [0.25, 0.3) is 0 Å². The Morgan fingerprint density at radius 2 is 1.55 bits per heavy atom. The first-order chi connectivity index (χ1) is 10.2. The van der Waals surface area contributed by atoms with Gasteiger partial charge in [-0.2, -0.15) is 0 Å². The Labute approximate surface area is 130 Å². The van der Waals surface area contributed by atoms with Crippen LogP contribution in [0.2, 0.25) is 0 Å². The number of hydrogen-bond donors (Lipinski definition) is 1. The molecule has 0 aliphatic rings. The van der Waals surface area contributed by atoms with Gasteiger partial charge in [-0.1, -0.05) is 12.1 Å². The summed E-state index contributed by atoms with van der Waals surface area (Å²) < 4.78 is 45.6. The van der Waals surface area contributed by atoms with Crippen LogP contribution in [0.15, 0.2) is 53.4 Å². The molecule has 0 bridgehead atoms. The zero-order valence-electron chi connectivity index (χ0n) is 12.6. The number of hydrogen-bond acceptors (Lipinski definition) is 3. The van der Waals surface area contributed by atoms with Crippen molar-refractivity contribution in [3.8, 4) is 5.75 Å². The van der Waals surface area contributed by atoms with Crippen molar-refractivity contribution in [2.75, 3.05) is 7.11 Å². The highest BCUT2D eigenvalue weighted by Crippen LogP contribution is 2.24. The van der Waals surface area contributed by atoms with Crippen molar-refractivity contribution in [3.05, 3.63) is 59.9 Å². The second-order valence-electron chi connectivity index (χ2n) is 5.41. The summed E-state index contributed by atoms with van der Waals surface area (Å²) in [5, 5.41) is 0. The summed E-state index contributed by atoms with van der Waals surface area (Å²) in [6.45, 7) is 3.45. The van der Waals surface area contributed by atoms with Gasteiger partial charge in [-0.3, -0.25) is 0 Å². The molecule has 0 heterocycles. The fraction of sp³-hybridized carbons (Fsp3) is 0.250. The van der Waals surface area contributed by atoms with Gasteiger partial charge in [0.1, 0.15) is 11.6 Å². The predicted octanol–water partition coefficient (Wildman–Crippen LogP) is 3.05. The Hall–Kier alpha value is -1.92. The Balaban J connectivity index is 2.27. The molecule has 6 heteroatoms. The van der Waals surface area contributed by atoms with E-state index < -0.39 is 15.6 Å². The maximum atomic E-state index is 13.0. The molecule has 0 spiro atoms. The van der Waals surface area contributed by atoms with E-state index in [0.29, 0.717) is 11.3 Å². The van der Waals surface area contributed by atoms with Crippen molar-refractivity contribution in [3.63, 3.8) is 0 Å². The molecule has 118 valence electrons. The van der Waals surface area contributed by atoms with E-state index in [9.17, 15) is 12.8 Å². The standard InChI is InChI=1S/C16H18FNO3S/c1-16(2,12-4-6-13(17)7-5-12)18-22(19,20)15-10-8-14(21-3)9-11-15/h4-11,18H,1-3H3. The number of methoxy groups -OCH3 is 1. The third-order valence-electron chi connectivity index (χ3n) is 3.33. The minimum atomic E-state index is -3.70. The molecule has 0 amide bonds. The topological polar surface area (TPSA) is 55.4 Å². The predicted molar refractivity (Wildman–Crippen MR) is 82.7 cm³/mol. The third kappa shape index (κ3) is 3.64. The Kier molecular flexibility index (Phi) is 4.53. The summed E-state index contributed by atoms with van der Waals surface area (Å²) in [5.41, 5.74) is -0.196. The average Bonchev–Trinajstić information content (AvgIpc) is 2.46. The molecule has 0 saturated heterocycles. The van der Waals surface area contributed by atoms with Crippen LogP contribution in [0.4, 0.5) is 4.39 Å². The number of benzene rings is 2. The van der Waals surface area contributed by atoms with Crippen LogP contribution >= 0.6 is 0 Å². The van der Waals surface area contributed by atoms with Gasteiger partial charge >= 0.3 is 0 Å². The fourth-order valence-corrected chi connectivity index (χ4v) is 3.48. The van der Waals surface area contributed by atoms with Crippen molar-refractivity contribution in [2.45, 2.75) is 24.3 Å². The molecule has 0 fully saturated rings. The molecule has 0 aliphatic heterocycles. The lowest BCUT2D eigenvalue weighted by Crippen LogP contribution is -2.40. The second kappa shape index (κ2) is 6.06. The first-order valence-electron chi connectivity index (χ1n) is 6.69. The van der Waals surface area contributed by atoms with E-state index in [4.69, 9.17) is 4.74 Å². The minimum Gasteiger partial charge on any atom is -0.497 e. The molecule has 2 aromatic carbocycles. The van der Waals surface area contributed by atoms with Crippen molar-refractivity contribution in [1.82, 2.24) is 4.72 Å². The van der Waals surface area contributed by atoms with E-state index in [-0.39, 0.29) is 10.7 Å². The zero-order chi connectivity index (χ0) is 16.4. The average molecular weight is 323 g/mol. The molecular formula is C16H18FNO3S. The fourth-order valence-electron chi connectivity index (χ4n) is 2.08. The van der Waals surface area contributed by atoms with Crippen molar-refractivity contribution >= 4 is 10.0 Å². The number of rotatable bonds is 5. The van der Waals surface area contributed by atoms with Crippen LogP contribution < -0.4 is 9.46 Å². The number of halogens is 1. The van der Waals surface area contributed by atoms with Crippen LogP contribution in [-0.2, 0) is 15.6 Å². The molecule has 22 heavy (non-hydrogen) atoms. The van der Waals surface area contributed by atoms with Gasteiger partial charge in [-0.15, -0.1) is 0 Å². The smallest absolute Gasteiger partial charge is 0.241 e. The van der Waals surface area contributed by atoms with Crippen LogP contribution in [0.1, 0.15) is 19.4 Å². The number of sulfonamides is 1. The van der Waals surface area contributed by atoms with Crippen LogP contribution in [0, 0.1) is 5.82 Å². The third-order valence-corrected chi connectivity index (χ3v) is 5.00. The normalized spacial score (nSPS) is 12.2. The molecule has 1 N–H and O–H groups in total. The lowest BCUT2D eigenvalue weighted by atomic mass is 9.96. The molecule has 4 nitrogen and oxygen atoms in total. The second-order valence-corrected chi connectivity index (χ2v) is 7.10. The summed E-state index contributed by atoms with van der Waals surface area (Å²) in [7, 11) is -2.19. The van der Waals surface area contributed by atoms with E-state index >= 15 is 0 Å². The molecule has 0 saturated carbocycles. The van der Waals surface area contributed by atoms with Crippen LogP contribution in [0.5, 0.6) is 5.75 Å². The quantitative estimate of drug-likeness (QED) is 0.920. The molecule has 2 rings (SSSR count). The first-order valence-corrected chi connectivity index (χ1v) is 8.17. The Bertz CT molecular complexity index is 738. The van der Waals surface area contributed by atoms with Gasteiger partial charge in [0.2, 0.25) is 10.0 Å². The lowest BCUT2D eigenvalue weighted by Gasteiger charge is -2.26. The largest absolute Gasteiger partial charge is 0.497 e. The lowest BCUT2D eigenvalue weighted by molar-refractivity contribution is 0.414. The SMILES string of the molecule is COc1ccc(S(=O)(=O)NC(C)(C)c2ccc(F)cc2)cc1. The molecule has 0 unspecified atom stereocenters. The van der Waals surface area contributed by atoms with E-state index in [0.717, 1.165) is 0 Å². The highest BCUT2D eigenvalue weighted by Gasteiger charge is 2.27. The Morgan fingerprint density at radius 1 is 1.00 bits per heavy atom. The van der Waals surface area contributed by atoms with E-state index in [1.54, 1.807) is 38.1 Å². The van der Waals surface area contributed by atoms with Crippen molar-refractivity contribution in [2.24, 2.45) is 0 Å². The summed E-state index contributed by atoms with van der Waals surface area (Å²) in [4.78, 5) is 0.142. The summed E-state index contributed by atoms with van der Waals surface area (Å²) in [5.74, 6) is 0.217. The van der Waals surface area contributed by atoms with Crippen molar-refractivity contribution < 1.29 is 17.5 Å². The molecule has 0 aliphatic carbocycles. The van der Waals surface area contributed by atoms with Crippen LogP contribution in [0.3, 0.4) is 0 Å². The van der Waals surface area contributed by atoms with Gasteiger partial charge in [0, 0.05) is 0 Å². The van der Waals surface area contributed by atoms with E-state index in [1.165, 1.54) is 31.4 Å². The molecule has 0 aromatic heterocycles. The van der Waals surface area contributed by atoms with Gasteiger partial charge in [0.05, 0.1) is 17.5 Å². The molecular weight excluding hydrogens is 305 g/mol. The minimum absolute atomic E-state index is 0.142. The monoisotopic (exact) mass is 323 g/mol. The zero-order valence-corrected chi connectivity index (χ0v) is 13.4. The highest BCUT2D eigenvalue weighted by molar-refractivity contribution is 7.89. The number of ether oxygens (including phenoxy) is 1. The summed E-state index contributed by atoms with van der Waals surface area (Å²) in [6, 6.07) is 11.8. The number of nitrogens with one attached hydrogen (secondary N) is 1. The van der Waals surface area contributed by atoms with Crippen molar-refractivity contribution in [1.29, 1.82) is 0 Å². The van der Waals surface area contributed by atoms with Gasteiger partial charge in [0.15, 0.2) is 0 Å². The van der Waals surface area contributed by atoms with Gasteiger partial charge < -0.3 is 4.74 Å². The summed E-state index contributed by atoms with van der Waals surface area (Å²) in [6.07, 6.45) is 0. The molecule has 0 radical (unpaired) electrons. The molecule has 2 aromatic rings. The summed E-state index contributed by atoms with van der Waals surface area (Å²) >= 11 is 0. The molecule has 0 atom stereocenters. The maximum absolute atomic E-state index is 13.0. The van der Waals surface area contributed by atoms with E-state index in [1.807, 2.05) is 0 Å².